The maximum absolute atomic E-state index is 12.7. The van der Waals surface area contributed by atoms with Gasteiger partial charge in [-0.1, -0.05) is 20.8 Å². The van der Waals surface area contributed by atoms with Crippen molar-refractivity contribution >= 4 is 5.78 Å². The number of nitrogens with one attached hydrogen (secondary N) is 2. The normalized spacial score (nSPS) is 30.3. The van der Waals surface area contributed by atoms with Crippen molar-refractivity contribution in [3.8, 4) is 0 Å². The van der Waals surface area contributed by atoms with Crippen LogP contribution in [0.2, 0.25) is 0 Å². The van der Waals surface area contributed by atoms with Crippen LogP contribution in [0.1, 0.15) is 20.8 Å². The van der Waals surface area contributed by atoms with Crippen molar-refractivity contribution < 1.29 is 22.7 Å². The molecule has 4 nitrogen and oxygen atoms in total. The number of alkyl halides is 3. The third kappa shape index (κ3) is 3.43. The van der Waals surface area contributed by atoms with E-state index >= 15 is 0 Å². The van der Waals surface area contributed by atoms with Gasteiger partial charge in [0.25, 0.3) is 0 Å². The Morgan fingerprint density at radius 1 is 1.28 bits per heavy atom. The fourth-order valence-corrected chi connectivity index (χ4v) is 1.89. The van der Waals surface area contributed by atoms with Gasteiger partial charge < -0.3 is 10.1 Å². The van der Waals surface area contributed by atoms with Crippen molar-refractivity contribution in [1.29, 1.82) is 0 Å². The fourth-order valence-electron chi connectivity index (χ4n) is 1.89. The van der Waals surface area contributed by atoms with Crippen molar-refractivity contribution in [3.63, 3.8) is 0 Å². The third-order valence-electron chi connectivity index (χ3n) is 2.87. The lowest BCUT2D eigenvalue weighted by molar-refractivity contribution is -0.194. The Hall–Kier alpha value is -0.660. The van der Waals surface area contributed by atoms with Gasteiger partial charge in [0.2, 0.25) is 0 Å². The number of hydrogen-bond acceptors (Lipinski definition) is 4. The summed E-state index contributed by atoms with van der Waals surface area (Å²) in [6.45, 7) is 5.14. The Labute approximate surface area is 104 Å². The lowest BCUT2D eigenvalue weighted by Gasteiger charge is -2.39. The Bertz CT molecular complexity index is 312. The van der Waals surface area contributed by atoms with E-state index in [2.05, 4.69) is 10.6 Å². The molecule has 18 heavy (non-hydrogen) atoms. The topological polar surface area (TPSA) is 50.4 Å². The van der Waals surface area contributed by atoms with Crippen LogP contribution in [0.25, 0.3) is 0 Å². The number of halogens is 3. The lowest BCUT2D eigenvalue weighted by Crippen LogP contribution is -2.68. The van der Waals surface area contributed by atoms with Gasteiger partial charge in [0.15, 0.2) is 5.78 Å². The number of hydrogen-bond donors (Lipinski definition) is 2. The van der Waals surface area contributed by atoms with Crippen LogP contribution in [0.15, 0.2) is 0 Å². The Kier molecular flexibility index (Phi) is 4.40. The molecule has 3 unspecified atom stereocenters. The molecule has 106 valence electrons. The van der Waals surface area contributed by atoms with Gasteiger partial charge in [-0.2, -0.15) is 13.2 Å². The van der Waals surface area contributed by atoms with E-state index in [0.717, 1.165) is 0 Å². The Balaban J connectivity index is 2.76. The number of piperazine rings is 1. The average molecular weight is 268 g/mol. The number of methoxy groups -OCH3 is 1. The first-order valence-electron chi connectivity index (χ1n) is 5.70. The molecule has 0 radical (unpaired) electrons. The average Bonchev–Trinajstić information content (AvgIpc) is 2.24. The third-order valence-corrected chi connectivity index (χ3v) is 2.87. The highest BCUT2D eigenvalue weighted by Crippen LogP contribution is 2.26. The summed E-state index contributed by atoms with van der Waals surface area (Å²) in [5.41, 5.74) is -0.608. The summed E-state index contributed by atoms with van der Waals surface area (Å²) in [6.07, 6.45) is -5.67. The minimum absolute atomic E-state index is 0.0554. The maximum Gasteiger partial charge on any atom is 0.407 e. The van der Waals surface area contributed by atoms with Crippen LogP contribution >= 0.6 is 0 Å². The molecule has 1 heterocycles. The highest BCUT2D eigenvalue weighted by molar-refractivity contribution is 5.89. The van der Waals surface area contributed by atoms with Crippen LogP contribution < -0.4 is 10.6 Å². The predicted octanol–water partition coefficient (Wildman–Crippen LogP) is 1.07. The van der Waals surface area contributed by atoms with Crippen molar-refractivity contribution in [3.05, 3.63) is 0 Å². The van der Waals surface area contributed by atoms with Gasteiger partial charge in [-0.15, -0.1) is 0 Å². The second-order valence-electron chi connectivity index (χ2n) is 5.42. The van der Waals surface area contributed by atoms with E-state index < -0.39 is 29.9 Å². The summed E-state index contributed by atoms with van der Waals surface area (Å²) in [4.78, 5) is 12.0. The van der Waals surface area contributed by atoms with Crippen LogP contribution in [0.4, 0.5) is 13.2 Å². The van der Waals surface area contributed by atoms with Crippen LogP contribution in [0.3, 0.4) is 0 Å². The molecule has 0 aliphatic carbocycles. The molecule has 2 N–H and O–H groups in total. The molecule has 0 aromatic carbocycles. The van der Waals surface area contributed by atoms with Gasteiger partial charge in [0, 0.05) is 19.1 Å². The molecule has 3 atom stereocenters. The predicted molar refractivity (Wildman–Crippen MR) is 60.0 cm³/mol. The molecule has 0 aromatic heterocycles. The van der Waals surface area contributed by atoms with Crippen LogP contribution in [0, 0.1) is 5.41 Å². The second-order valence-corrected chi connectivity index (χ2v) is 5.42. The molecular formula is C11H19F3N2O2. The summed E-state index contributed by atoms with van der Waals surface area (Å²) in [7, 11) is 1.18. The number of ketones is 1. The molecule has 0 aromatic rings. The molecule has 0 bridgehead atoms. The molecule has 0 amide bonds. The molecule has 1 rings (SSSR count). The smallest absolute Gasteiger partial charge is 0.365 e. The molecule has 1 aliphatic rings. The number of carbonyl (C=O) groups is 1. The van der Waals surface area contributed by atoms with Gasteiger partial charge in [-0.25, -0.2) is 0 Å². The van der Waals surface area contributed by atoms with Gasteiger partial charge in [0.1, 0.15) is 12.3 Å². The summed E-state index contributed by atoms with van der Waals surface area (Å²) in [6, 6.07) is -2.47. The maximum atomic E-state index is 12.7. The summed E-state index contributed by atoms with van der Waals surface area (Å²) < 4.78 is 42.8. The zero-order valence-electron chi connectivity index (χ0n) is 10.9. The molecule has 0 saturated carbocycles. The fraction of sp³-hybridized carbons (Fsp3) is 0.909. The van der Waals surface area contributed by atoms with Crippen molar-refractivity contribution in [1.82, 2.24) is 10.6 Å². The molecule has 1 aliphatic heterocycles. The van der Waals surface area contributed by atoms with E-state index in [1.54, 1.807) is 20.8 Å². The Morgan fingerprint density at radius 2 is 1.83 bits per heavy atom. The molecule has 7 heteroatoms. The van der Waals surface area contributed by atoms with E-state index in [-0.39, 0.29) is 12.3 Å². The SMILES string of the molecule is COC1NC(C(=O)C(C)(C)C)CNC1C(F)(F)F. The standard InChI is InChI=1S/C11H19F3N2O2/c1-10(2,3)8(17)6-5-15-7(11(12,13)14)9(16-6)18-4/h6-7,9,15-16H,5H2,1-4H3. The van der Waals surface area contributed by atoms with Crippen molar-refractivity contribution in [2.75, 3.05) is 13.7 Å². The minimum atomic E-state index is -4.41. The van der Waals surface area contributed by atoms with E-state index in [1.807, 2.05) is 0 Å². The van der Waals surface area contributed by atoms with Crippen molar-refractivity contribution in [2.24, 2.45) is 5.41 Å². The largest absolute Gasteiger partial charge is 0.407 e. The first-order valence-corrected chi connectivity index (χ1v) is 5.70. The highest BCUT2D eigenvalue weighted by Gasteiger charge is 2.49. The van der Waals surface area contributed by atoms with Crippen LogP contribution in [-0.2, 0) is 9.53 Å². The van der Waals surface area contributed by atoms with Crippen LogP contribution in [0.5, 0.6) is 0 Å². The molecule has 1 saturated heterocycles. The number of carbonyl (C=O) groups excluding carboxylic acids is 1. The zero-order valence-corrected chi connectivity index (χ0v) is 10.9. The second kappa shape index (κ2) is 5.14. The molecule has 1 fully saturated rings. The summed E-state index contributed by atoms with van der Waals surface area (Å²) in [5, 5.41) is 4.94. The first kappa shape index (κ1) is 15.4. The molecule has 0 spiro atoms. The zero-order chi connectivity index (χ0) is 14.1. The van der Waals surface area contributed by atoms with Crippen LogP contribution in [-0.4, -0.2) is 43.9 Å². The Morgan fingerprint density at radius 3 is 2.22 bits per heavy atom. The monoisotopic (exact) mass is 268 g/mol. The van der Waals surface area contributed by atoms with Gasteiger partial charge >= 0.3 is 6.18 Å². The minimum Gasteiger partial charge on any atom is -0.365 e. The van der Waals surface area contributed by atoms with E-state index in [4.69, 9.17) is 4.74 Å². The number of Topliss-reactive ketones (excluding diaryl/α,β-unsaturated/α-hetero) is 1. The van der Waals surface area contributed by atoms with E-state index in [0.29, 0.717) is 0 Å². The van der Waals surface area contributed by atoms with Gasteiger partial charge in [-0.05, 0) is 0 Å². The first-order chi connectivity index (χ1) is 8.07. The summed E-state index contributed by atoms with van der Waals surface area (Å²) in [5.74, 6) is -0.141. The quantitative estimate of drug-likeness (QED) is 0.786. The van der Waals surface area contributed by atoms with E-state index in [9.17, 15) is 18.0 Å². The lowest BCUT2D eigenvalue weighted by atomic mass is 9.85. The van der Waals surface area contributed by atoms with E-state index in [1.165, 1.54) is 7.11 Å². The van der Waals surface area contributed by atoms with Gasteiger partial charge in [-0.3, -0.25) is 10.1 Å². The molecular weight excluding hydrogens is 249 g/mol. The van der Waals surface area contributed by atoms with Crippen molar-refractivity contribution in [2.45, 2.75) is 45.3 Å². The number of rotatable bonds is 2. The summed E-state index contributed by atoms with van der Waals surface area (Å²) >= 11 is 0. The highest BCUT2D eigenvalue weighted by atomic mass is 19.4. The van der Waals surface area contributed by atoms with Gasteiger partial charge in [0.05, 0.1) is 6.04 Å². The number of ether oxygens (including phenoxy) is 1.